The van der Waals surface area contributed by atoms with Crippen molar-refractivity contribution in [3.63, 3.8) is 0 Å². The molecule has 33 heavy (non-hydrogen) atoms. The molecule has 8 nitrogen and oxygen atoms in total. The van der Waals surface area contributed by atoms with Gasteiger partial charge in [-0.2, -0.15) is 5.26 Å². The summed E-state index contributed by atoms with van der Waals surface area (Å²) in [7, 11) is 3.06. The van der Waals surface area contributed by atoms with Gasteiger partial charge in [-0.25, -0.2) is 4.98 Å². The van der Waals surface area contributed by atoms with Crippen LogP contribution in [0.5, 0.6) is 11.5 Å². The van der Waals surface area contributed by atoms with E-state index < -0.39 is 5.54 Å². The van der Waals surface area contributed by atoms with Gasteiger partial charge in [0.2, 0.25) is 5.91 Å². The number of methoxy groups -OCH3 is 2. The Morgan fingerprint density at radius 3 is 2.64 bits per heavy atom. The average Bonchev–Trinajstić information content (AvgIpc) is 3.68. The van der Waals surface area contributed by atoms with Crippen LogP contribution in [0.3, 0.4) is 0 Å². The van der Waals surface area contributed by atoms with Crippen molar-refractivity contribution in [3.8, 4) is 23.3 Å². The van der Waals surface area contributed by atoms with E-state index in [1.54, 1.807) is 43.3 Å². The zero-order valence-corrected chi connectivity index (χ0v) is 19.4. The number of nitrogens with one attached hydrogen (secondary N) is 1. The first-order valence-electron chi connectivity index (χ1n) is 10.5. The Kier molecular flexibility index (Phi) is 6.29. The minimum atomic E-state index is -0.878. The third-order valence-electron chi connectivity index (χ3n) is 5.73. The average molecular weight is 465 g/mol. The molecule has 0 bridgehead atoms. The second-order valence-electron chi connectivity index (χ2n) is 8.02. The minimum Gasteiger partial charge on any atom is -0.493 e. The van der Waals surface area contributed by atoms with E-state index in [4.69, 9.17) is 9.47 Å². The fourth-order valence-electron chi connectivity index (χ4n) is 3.74. The highest BCUT2D eigenvalue weighted by Crippen LogP contribution is 2.39. The third-order valence-corrected chi connectivity index (χ3v) is 6.67. The Morgan fingerprint density at radius 1 is 1.24 bits per heavy atom. The quantitative estimate of drug-likeness (QED) is 0.403. The zero-order valence-electron chi connectivity index (χ0n) is 18.6. The Balaban J connectivity index is 1.71. The molecule has 1 aliphatic rings. The number of fused-ring (bicyclic) bond motifs is 1. The summed E-state index contributed by atoms with van der Waals surface area (Å²) in [6, 6.07) is 14.4. The predicted octanol–water partition coefficient (Wildman–Crippen LogP) is 3.30. The van der Waals surface area contributed by atoms with Gasteiger partial charge in [-0.05, 0) is 49.9 Å². The Labute approximate surface area is 195 Å². The highest BCUT2D eigenvalue weighted by molar-refractivity contribution is 7.99. The molecule has 1 heterocycles. The van der Waals surface area contributed by atoms with E-state index in [0.29, 0.717) is 33.2 Å². The summed E-state index contributed by atoms with van der Waals surface area (Å²) in [6.45, 7) is 1.75. The summed E-state index contributed by atoms with van der Waals surface area (Å²) in [6.07, 6.45) is 1.87. The Morgan fingerprint density at radius 2 is 1.97 bits per heavy atom. The SMILES string of the molecule is COc1ccc(-n2c(SCC(=O)N[C@](C)(C#N)C3CC3)nc3ccccc3c2=O)cc1OC. The molecule has 4 rings (SSSR count). The Bertz CT molecular complexity index is 1310. The molecule has 0 radical (unpaired) electrons. The van der Waals surface area contributed by atoms with Gasteiger partial charge in [0.05, 0.1) is 42.6 Å². The fourth-order valence-corrected chi connectivity index (χ4v) is 4.55. The first kappa shape index (κ1) is 22.7. The van der Waals surface area contributed by atoms with Gasteiger partial charge >= 0.3 is 0 Å². The molecule has 0 spiro atoms. The molecule has 2 aromatic carbocycles. The lowest BCUT2D eigenvalue weighted by molar-refractivity contribution is -0.119. The van der Waals surface area contributed by atoms with Gasteiger partial charge in [-0.1, -0.05) is 23.9 Å². The van der Waals surface area contributed by atoms with Crippen molar-refractivity contribution < 1.29 is 14.3 Å². The number of nitrogens with zero attached hydrogens (tertiary/aromatic N) is 3. The van der Waals surface area contributed by atoms with Crippen LogP contribution in [-0.2, 0) is 4.79 Å². The smallest absolute Gasteiger partial charge is 0.266 e. The van der Waals surface area contributed by atoms with Crippen LogP contribution in [0.4, 0.5) is 0 Å². The van der Waals surface area contributed by atoms with Crippen LogP contribution >= 0.6 is 11.8 Å². The van der Waals surface area contributed by atoms with Crippen LogP contribution in [-0.4, -0.2) is 41.0 Å². The summed E-state index contributed by atoms with van der Waals surface area (Å²) in [5, 5.41) is 13.2. The number of hydrogen-bond acceptors (Lipinski definition) is 7. The maximum atomic E-state index is 13.4. The van der Waals surface area contributed by atoms with Gasteiger partial charge in [0, 0.05) is 6.07 Å². The van der Waals surface area contributed by atoms with Crippen LogP contribution in [0.25, 0.3) is 16.6 Å². The number of hydrogen-bond donors (Lipinski definition) is 1. The number of ether oxygens (including phenoxy) is 2. The third kappa shape index (κ3) is 4.52. The highest BCUT2D eigenvalue weighted by atomic mass is 32.2. The summed E-state index contributed by atoms with van der Waals surface area (Å²) in [4.78, 5) is 30.7. The molecule has 0 unspecified atom stereocenters. The van der Waals surface area contributed by atoms with Gasteiger partial charge in [-0.15, -0.1) is 0 Å². The van der Waals surface area contributed by atoms with Crippen molar-refractivity contribution >= 4 is 28.6 Å². The van der Waals surface area contributed by atoms with Crippen LogP contribution in [0.1, 0.15) is 19.8 Å². The van der Waals surface area contributed by atoms with Crippen molar-refractivity contribution in [1.29, 1.82) is 5.26 Å². The lowest BCUT2D eigenvalue weighted by atomic mass is 9.98. The van der Waals surface area contributed by atoms with E-state index in [1.807, 2.05) is 6.07 Å². The van der Waals surface area contributed by atoms with Crippen LogP contribution in [0, 0.1) is 17.2 Å². The van der Waals surface area contributed by atoms with E-state index >= 15 is 0 Å². The molecule has 0 aliphatic heterocycles. The highest BCUT2D eigenvalue weighted by Gasteiger charge is 2.43. The summed E-state index contributed by atoms with van der Waals surface area (Å²) in [5.74, 6) is 0.921. The first-order chi connectivity index (χ1) is 15.9. The van der Waals surface area contributed by atoms with Gasteiger partial charge in [0.15, 0.2) is 16.7 Å². The monoisotopic (exact) mass is 464 g/mol. The maximum absolute atomic E-state index is 13.4. The van der Waals surface area contributed by atoms with Crippen molar-refractivity contribution in [1.82, 2.24) is 14.9 Å². The molecular weight excluding hydrogens is 440 g/mol. The number of thioether (sulfide) groups is 1. The molecule has 1 aliphatic carbocycles. The normalized spacial score (nSPS) is 14.8. The number of rotatable bonds is 8. The molecule has 1 aromatic heterocycles. The van der Waals surface area contributed by atoms with Gasteiger partial charge in [-0.3, -0.25) is 14.2 Å². The molecule has 9 heteroatoms. The van der Waals surface area contributed by atoms with Crippen LogP contribution in [0.2, 0.25) is 0 Å². The number of benzene rings is 2. The molecule has 1 saturated carbocycles. The summed E-state index contributed by atoms with van der Waals surface area (Å²) in [5.41, 5.74) is -0.0477. The maximum Gasteiger partial charge on any atom is 0.266 e. The second kappa shape index (κ2) is 9.16. The number of nitriles is 1. The lowest BCUT2D eigenvalue weighted by Crippen LogP contribution is -2.47. The van der Waals surface area contributed by atoms with Gasteiger partial charge in [0.25, 0.3) is 5.56 Å². The number of aromatic nitrogens is 2. The molecule has 0 saturated heterocycles. The van der Waals surface area contributed by atoms with Crippen molar-refractivity contribution in [2.45, 2.75) is 30.5 Å². The predicted molar refractivity (Wildman–Crippen MR) is 126 cm³/mol. The molecule has 3 aromatic rings. The van der Waals surface area contributed by atoms with E-state index in [0.717, 1.165) is 24.6 Å². The standard InChI is InChI=1S/C24H24N4O4S/c1-24(14-25,15-8-9-15)27-21(29)13-33-23-26-18-7-5-4-6-17(18)22(30)28(23)16-10-11-19(31-2)20(12-16)32-3/h4-7,10-12,15H,8-9,13H2,1-3H3,(H,27,29)/t24-/m1/s1. The molecule has 1 N–H and O–H groups in total. The first-order valence-corrected chi connectivity index (χ1v) is 11.5. The van der Waals surface area contributed by atoms with Crippen molar-refractivity contribution in [2.75, 3.05) is 20.0 Å². The van der Waals surface area contributed by atoms with Gasteiger partial charge < -0.3 is 14.8 Å². The molecule has 1 fully saturated rings. The lowest BCUT2D eigenvalue weighted by Gasteiger charge is -2.22. The van der Waals surface area contributed by atoms with E-state index in [1.165, 1.54) is 18.8 Å². The van der Waals surface area contributed by atoms with Crippen molar-refractivity contribution in [3.05, 3.63) is 52.8 Å². The van der Waals surface area contributed by atoms with Gasteiger partial charge in [0.1, 0.15) is 5.54 Å². The summed E-state index contributed by atoms with van der Waals surface area (Å²) >= 11 is 1.14. The number of carbonyl (C=O) groups is 1. The van der Waals surface area contributed by atoms with Crippen LogP contribution < -0.4 is 20.3 Å². The summed E-state index contributed by atoms with van der Waals surface area (Å²) < 4.78 is 12.2. The second-order valence-corrected chi connectivity index (χ2v) is 8.96. The fraction of sp³-hybridized carbons (Fsp3) is 0.333. The number of carbonyl (C=O) groups excluding carboxylic acids is 1. The largest absolute Gasteiger partial charge is 0.493 e. The Hall–Kier alpha value is -3.51. The molecule has 1 atom stereocenters. The van der Waals surface area contributed by atoms with E-state index in [2.05, 4.69) is 16.4 Å². The van der Waals surface area contributed by atoms with Crippen LogP contribution in [0.15, 0.2) is 52.4 Å². The number of para-hydroxylation sites is 1. The van der Waals surface area contributed by atoms with E-state index in [9.17, 15) is 14.9 Å². The zero-order chi connectivity index (χ0) is 23.6. The molecule has 170 valence electrons. The van der Waals surface area contributed by atoms with Crippen molar-refractivity contribution in [2.24, 2.45) is 5.92 Å². The number of amides is 1. The topological polar surface area (TPSA) is 106 Å². The molecule has 1 amide bonds. The minimum absolute atomic E-state index is 0.0159. The van der Waals surface area contributed by atoms with E-state index in [-0.39, 0.29) is 23.1 Å². The molecular formula is C24H24N4O4S.